The van der Waals surface area contributed by atoms with Gasteiger partial charge in [-0.2, -0.15) is 0 Å². The maximum Gasteiger partial charge on any atom is 0.0714 e. The van der Waals surface area contributed by atoms with Crippen molar-refractivity contribution in [2.75, 3.05) is 4.90 Å². The number of fused-ring (bicyclic) bond motifs is 4. The summed E-state index contributed by atoms with van der Waals surface area (Å²) < 4.78 is 0. The summed E-state index contributed by atoms with van der Waals surface area (Å²) in [4.78, 5) is 2.51. The van der Waals surface area contributed by atoms with Gasteiger partial charge in [0.2, 0.25) is 0 Å². The number of rotatable bonds is 10. The first kappa shape index (κ1) is 41.4. The standard InChI is InChI=1S/C66H47N3/c67-64(49-31-13-4-14-32-49)62(48-29-11-3-12-30-48)65-53-39-23-43-60(55(53)45-58(68-65)47-27-9-2-10-28-47)69(59-42-22-20-37-52(59)46-25-7-1-8-26-46)61-44-24-41-57-63(61)54-38-19-21-40-56(54)66(57,50-33-15-5-16-34-50)51-35-17-6-18-36-51/h1-45,67-68H/b65-62-,67-64?. The van der Waals surface area contributed by atoms with Crippen LogP contribution in [0.5, 0.6) is 0 Å². The van der Waals surface area contributed by atoms with Gasteiger partial charge in [0.1, 0.15) is 0 Å². The van der Waals surface area contributed by atoms with Gasteiger partial charge in [-0.05, 0) is 68.8 Å². The number of nitrogens with one attached hydrogen (secondary N) is 2. The minimum atomic E-state index is -0.590. The van der Waals surface area contributed by atoms with Gasteiger partial charge in [0, 0.05) is 39.1 Å². The Kier molecular flexibility index (Phi) is 10.6. The van der Waals surface area contributed by atoms with Crippen molar-refractivity contribution in [2.45, 2.75) is 5.41 Å². The van der Waals surface area contributed by atoms with Crippen LogP contribution in [0.4, 0.5) is 17.1 Å². The lowest BCUT2D eigenvalue weighted by Gasteiger charge is -2.35. The molecule has 2 N–H and O–H groups in total. The fraction of sp³-hybridized carbons (Fsp3) is 0.0152. The van der Waals surface area contributed by atoms with Gasteiger partial charge in [-0.25, -0.2) is 0 Å². The number of benzene rings is 10. The third-order valence-corrected chi connectivity index (χ3v) is 13.8. The van der Waals surface area contributed by atoms with Gasteiger partial charge in [-0.3, -0.25) is 5.41 Å². The van der Waals surface area contributed by atoms with Crippen LogP contribution in [0.15, 0.2) is 267 Å². The van der Waals surface area contributed by atoms with Crippen molar-refractivity contribution in [3.8, 4) is 22.3 Å². The van der Waals surface area contributed by atoms with Crippen LogP contribution in [-0.2, 0) is 5.41 Å². The zero-order valence-electron chi connectivity index (χ0n) is 37.9. The minimum Gasteiger partial charge on any atom is -0.354 e. The fourth-order valence-corrected chi connectivity index (χ4v) is 10.8. The monoisotopic (exact) mass is 881 g/mol. The van der Waals surface area contributed by atoms with E-state index in [4.69, 9.17) is 0 Å². The predicted molar refractivity (Wildman–Crippen MR) is 288 cm³/mol. The molecule has 0 radical (unpaired) electrons. The first-order valence-electron chi connectivity index (χ1n) is 23.6. The summed E-state index contributed by atoms with van der Waals surface area (Å²) in [5, 5.41) is 13.9. The van der Waals surface area contributed by atoms with Gasteiger partial charge in [-0.1, -0.05) is 249 Å². The third kappa shape index (κ3) is 7.03. The molecule has 0 bridgehead atoms. The molecule has 0 spiro atoms. The Labute approximate surface area is 404 Å². The summed E-state index contributed by atoms with van der Waals surface area (Å²) in [5.41, 5.74) is 20.1. The lowest BCUT2D eigenvalue weighted by Crippen LogP contribution is -2.28. The topological polar surface area (TPSA) is 39.1 Å². The van der Waals surface area contributed by atoms with Crippen LogP contribution in [0.25, 0.3) is 45.3 Å². The van der Waals surface area contributed by atoms with Crippen LogP contribution < -0.4 is 10.2 Å². The SMILES string of the molecule is N=C(/C(=C1\NC(c2ccccc2)=Cc2c1cccc2N(c1ccccc1-c1ccccc1)c1cccc2c1-c1ccccc1C2(c1ccccc1)c1ccccc1)c1ccccc1)c1ccccc1. The average molecular weight is 882 g/mol. The summed E-state index contributed by atoms with van der Waals surface area (Å²) in [5.74, 6) is 0. The largest absolute Gasteiger partial charge is 0.354 e. The van der Waals surface area contributed by atoms with Crippen LogP contribution in [-0.4, -0.2) is 5.71 Å². The second-order valence-electron chi connectivity index (χ2n) is 17.6. The number of allylic oxidation sites excluding steroid dienone is 1. The van der Waals surface area contributed by atoms with E-state index in [0.717, 1.165) is 73.0 Å². The molecule has 12 rings (SSSR count). The molecule has 0 unspecified atom stereocenters. The minimum absolute atomic E-state index is 0.442. The summed E-state index contributed by atoms with van der Waals surface area (Å²) >= 11 is 0. The number of hydrogen-bond acceptors (Lipinski definition) is 3. The second kappa shape index (κ2) is 17.6. The Hall–Kier alpha value is -9.05. The highest BCUT2D eigenvalue weighted by molar-refractivity contribution is 6.36. The molecular formula is C66H47N3. The van der Waals surface area contributed by atoms with E-state index >= 15 is 0 Å². The molecule has 3 nitrogen and oxygen atoms in total. The quantitative estimate of drug-likeness (QED) is 0.134. The van der Waals surface area contributed by atoms with Crippen molar-refractivity contribution < 1.29 is 0 Å². The smallest absolute Gasteiger partial charge is 0.0714 e. The second-order valence-corrected chi connectivity index (χ2v) is 17.6. The molecule has 1 aliphatic carbocycles. The van der Waals surface area contributed by atoms with E-state index in [1.54, 1.807) is 0 Å². The van der Waals surface area contributed by atoms with Crippen LogP contribution >= 0.6 is 0 Å². The highest BCUT2D eigenvalue weighted by Crippen LogP contribution is 2.60. The van der Waals surface area contributed by atoms with Crippen molar-refractivity contribution in [2.24, 2.45) is 0 Å². The third-order valence-electron chi connectivity index (χ3n) is 13.8. The first-order chi connectivity index (χ1) is 34.2. The molecular weight excluding hydrogens is 835 g/mol. The van der Waals surface area contributed by atoms with Gasteiger partial charge >= 0.3 is 0 Å². The molecule has 10 aromatic rings. The molecule has 10 aromatic carbocycles. The van der Waals surface area contributed by atoms with Crippen molar-refractivity contribution in [3.63, 3.8) is 0 Å². The zero-order valence-corrected chi connectivity index (χ0v) is 37.9. The Bertz CT molecular complexity index is 3520. The maximum absolute atomic E-state index is 10.0. The summed E-state index contributed by atoms with van der Waals surface area (Å²) in [6.45, 7) is 0. The Morgan fingerprint density at radius 3 is 1.49 bits per heavy atom. The van der Waals surface area contributed by atoms with Crippen LogP contribution in [0.1, 0.15) is 50.1 Å². The lowest BCUT2D eigenvalue weighted by molar-refractivity contribution is 0.768. The lowest BCUT2D eigenvalue weighted by atomic mass is 9.68. The van der Waals surface area contributed by atoms with Crippen molar-refractivity contribution in [1.82, 2.24) is 5.32 Å². The van der Waals surface area contributed by atoms with Crippen molar-refractivity contribution in [3.05, 3.63) is 317 Å². The molecule has 0 fully saturated rings. The molecule has 0 saturated heterocycles. The molecule has 69 heavy (non-hydrogen) atoms. The summed E-state index contributed by atoms with van der Waals surface area (Å²) in [6, 6.07) is 95.2. The van der Waals surface area contributed by atoms with E-state index < -0.39 is 5.41 Å². The zero-order chi connectivity index (χ0) is 46.2. The Morgan fingerprint density at radius 2 is 0.841 bits per heavy atom. The van der Waals surface area contributed by atoms with E-state index in [1.807, 2.05) is 36.4 Å². The highest BCUT2D eigenvalue weighted by Gasteiger charge is 2.47. The highest BCUT2D eigenvalue weighted by atomic mass is 15.2. The summed E-state index contributed by atoms with van der Waals surface area (Å²) in [6.07, 6.45) is 2.31. The molecule has 0 saturated carbocycles. The van der Waals surface area contributed by atoms with Crippen LogP contribution in [0.2, 0.25) is 0 Å². The van der Waals surface area contributed by atoms with Crippen LogP contribution in [0, 0.1) is 5.41 Å². The normalized spacial score (nSPS) is 13.8. The van der Waals surface area contributed by atoms with E-state index in [-0.39, 0.29) is 0 Å². The number of hydrogen-bond donors (Lipinski definition) is 2. The Morgan fingerprint density at radius 1 is 0.377 bits per heavy atom. The van der Waals surface area contributed by atoms with Gasteiger partial charge in [0.15, 0.2) is 0 Å². The van der Waals surface area contributed by atoms with Crippen LogP contribution in [0.3, 0.4) is 0 Å². The van der Waals surface area contributed by atoms with Gasteiger partial charge in [0.25, 0.3) is 0 Å². The van der Waals surface area contributed by atoms with E-state index in [1.165, 1.54) is 33.4 Å². The molecule has 3 heteroatoms. The number of anilines is 3. The van der Waals surface area contributed by atoms with Gasteiger partial charge in [0.05, 0.1) is 33.9 Å². The average Bonchev–Trinajstić information content (AvgIpc) is 3.74. The number of para-hydroxylation sites is 1. The fourth-order valence-electron chi connectivity index (χ4n) is 10.8. The molecule has 1 aliphatic heterocycles. The van der Waals surface area contributed by atoms with E-state index in [9.17, 15) is 5.41 Å². The van der Waals surface area contributed by atoms with E-state index in [0.29, 0.717) is 5.71 Å². The molecule has 2 aliphatic rings. The molecule has 0 aromatic heterocycles. The van der Waals surface area contributed by atoms with Crippen molar-refractivity contribution in [1.29, 1.82) is 5.41 Å². The maximum atomic E-state index is 10.0. The molecule has 0 atom stereocenters. The van der Waals surface area contributed by atoms with Crippen molar-refractivity contribution >= 4 is 45.8 Å². The molecule has 326 valence electrons. The van der Waals surface area contributed by atoms with E-state index in [2.05, 4.69) is 247 Å². The predicted octanol–water partition coefficient (Wildman–Crippen LogP) is 16.2. The number of nitrogens with zero attached hydrogens (tertiary/aromatic N) is 1. The van der Waals surface area contributed by atoms with Gasteiger partial charge < -0.3 is 10.2 Å². The van der Waals surface area contributed by atoms with Gasteiger partial charge in [-0.15, -0.1) is 0 Å². The summed E-state index contributed by atoms with van der Waals surface area (Å²) in [7, 11) is 0. The first-order valence-corrected chi connectivity index (χ1v) is 23.6. The molecule has 1 heterocycles. The Balaban J connectivity index is 1.20. The molecule has 0 amide bonds.